The van der Waals surface area contributed by atoms with Crippen molar-refractivity contribution in [2.45, 2.75) is 110 Å². The predicted octanol–water partition coefficient (Wildman–Crippen LogP) is 4.21. The second kappa shape index (κ2) is 20.1. The normalized spacial score (nSPS) is 12.1. The maximum absolute atomic E-state index is 11.9. The molecule has 0 heterocycles. The molecule has 0 saturated heterocycles. The maximum atomic E-state index is 11.9. The lowest BCUT2D eigenvalue weighted by atomic mass is 10.1. The Kier molecular flexibility index (Phi) is 20.0. The van der Waals surface area contributed by atoms with Gasteiger partial charge in [0.05, 0.1) is 6.54 Å². The zero-order valence-electron chi connectivity index (χ0n) is 19.2. The highest BCUT2D eigenvalue weighted by molar-refractivity contribution is 7.82. The summed E-state index contributed by atoms with van der Waals surface area (Å²) in [6, 6.07) is 0. The molecule has 0 unspecified atom stereocenters. The molecule has 0 aromatic carbocycles. The minimum absolute atomic E-state index is 0.569. The van der Waals surface area contributed by atoms with E-state index in [2.05, 4.69) is 30.6 Å². The Hall–Kier alpha value is -0.170. The van der Waals surface area contributed by atoms with Crippen LogP contribution in [0.1, 0.15) is 110 Å². The Morgan fingerprint density at radius 2 is 1.14 bits per heavy atom. The van der Waals surface area contributed by atoms with E-state index in [-0.39, 0.29) is 0 Å². The van der Waals surface area contributed by atoms with Crippen molar-refractivity contribution in [2.75, 3.05) is 33.7 Å². The van der Waals surface area contributed by atoms with Crippen molar-refractivity contribution >= 4 is 10.2 Å². The molecule has 28 heavy (non-hydrogen) atoms. The lowest BCUT2D eigenvalue weighted by Crippen LogP contribution is -2.90. The van der Waals surface area contributed by atoms with Crippen molar-refractivity contribution in [3.63, 3.8) is 0 Å². The third kappa shape index (κ3) is 22.1. The molecule has 0 rings (SSSR count). The van der Waals surface area contributed by atoms with E-state index in [4.69, 9.17) is 0 Å². The molecule has 170 valence electrons. The molecule has 0 fully saturated rings. The molecule has 0 aliphatic heterocycles. The molecule has 0 aromatic rings. The van der Waals surface area contributed by atoms with Gasteiger partial charge < -0.3 is 4.90 Å². The molecule has 0 saturated carbocycles. The number of nitrogens with one attached hydrogen (secondary N) is 1. The molecule has 0 atom stereocenters. The summed E-state index contributed by atoms with van der Waals surface area (Å²) in [5, 5.41) is 0. The zero-order chi connectivity index (χ0) is 20.9. The Morgan fingerprint density at radius 3 is 1.68 bits per heavy atom. The van der Waals surface area contributed by atoms with Crippen LogP contribution >= 0.6 is 0 Å². The summed E-state index contributed by atoms with van der Waals surface area (Å²) >= 11 is 0. The van der Waals surface area contributed by atoms with Crippen molar-refractivity contribution in [1.29, 1.82) is 0 Å². The maximum Gasteiger partial charge on any atom is 0.366 e. The van der Waals surface area contributed by atoms with E-state index in [9.17, 15) is 8.42 Å². The zero-order valence-corrected chi connectivity index (χ0v) is 20.0. The minimum Gasteiger partial charge on any atom is -0.309 e. The van der Waals surface area contributed by atoms with Crippen LogP contribution in [0.3, 0.4) is 0 Å². The summed E-state index contributed by atoms with van der Waals surface area (Å²) in [6.45, 7) is 4.62. The van der Waals surface area contributed by atoms with E-state index in [0.29, 0.717) is 13.1 Å². The molecule has 5 nitrogen and oxygen atoms in total. The Labute approximate surface area is 176 Å². The van der Waals surface area contributed by atoms with Crippen LogP contribution in [-0.2, 0) is 10.2 Å². The van der Waals surface area contributed by atoms with Gasteiger partial charge in [-0.25, -0.2) is 4.72 Å². The largest absolute Gasteiger partial charge is 0.366 e. The average Bonchev–Trinajstić information content (AvgIpc) is 2.64. The SMILES string of the molecule is CCCCCCCCCCCCCC[NH2+]S(=O)(=O)NCCCCCCN(C)C. The van der Waals surface area contributed by atoms with Crippen molar-refractivity contribution < 1.29 is 13.1 Å². The first-order valence-corrected chi connectivity index (χ1v) is 13.5. The number of rotatable bonds is 22. The summed E-state index contributed by atoms with van der Waals surface area (Å²) in [5.74, 6) is 0. The molecule has 0 radical (unpaired) electrons. The van der Waals surface area contributed by atoms with Gasteiger partial charge in [-0.1, -0.05) is 84.0 Å². The van der Waals surface area contributed by atoms with E-state index in [1.54, 1.807) is 0 Å². The molecular formula is C22H50N3O2S+. The molecule has 0 spiro atoms. The summed E-state index contributed by atoms with van der Waals surface area (Å²) in [6.07, 6.45) is 20.1. The van der Waals surface area contributed by atoms with Crippen molar-refractivity contribution in [2.24, 2.45) is 0 Å². The molecule has 0 bridgehead atoms. The highest BCUT2D eigenvalue weighted by Gasteiger charge is 2.11. The molecule has 0 amide bonds. The van der Waals surface area contributed by atoms with Crippen LogP contribution in [0, 0.1) is 0 Å². The smallest absolute Gasteiger partial charge is 0.309 e. The topological polar surface area (TPSA) is 66.0 Å². The summed E-state index contributed by atoms with van der Waals surface area (Å²) in [7, 11) is 0.982. The Balaban J connectivity index is 3.33. The fourth-order valence-corrected chi connectivity index (χ4v) is 4.43. The quantitative estimate of drug-likeness (QED) is 0.258. The number of nitrogens with two attached hydrogens (primary N) is 1. The number of hydrogen-bond donors (Lipinski definition) is 2. The lowest BCUT2D eigenvalue weighted by molar-refractivity contribution is -0.498. The fraction of sp³-hybridized carbons (Fsp3) is 1.00. The van der Waals surface area contributed by atoms with E-state index < -0.39 is 10.2 Å². The third-order valence-corrected chi connectivity index (χ3v) is 6.51. The first-order valence-electron chi connectivity index (χ1n) is 12.0. The first kappa shape index (κ1) is 27.8. The number of unbranched alkanes of at least 4 members (excludes halogenated alkanes) is 14. The highest BCUT2D eigenvalue weighted by atomic mass is 32.2. The molecule has 3 N–H and O–H groups in total. The van der Waals surface area contributed by atoms with Gasteiger partial charge in [0.15, 0.2) is 0 Å². The van der Waals surface area contributed by atoms with E-state index in [1.807, 2.05) is 0 Å². The Morgan fingerprint density at radius 1 is 0.679 bits per heavy atom. The van der Waals surface area contributed by atoms with Gasteiger partial charge in [-0.2, -0.15) is 13.1 Å². The molecule has 0 aliphatic carbocycles. The van der Waals surface area contributed by atoms with Crippen molar-refractivity contribution in [3.8, 4) is 0 Å². The van der Waals surface area contributed by atoms with Crippen molar-refractivity contribution in [3.05, 3.63) is 0 Å². The van der Waals surface area contributed by atoms with Gasteiger partial charge in [0.25, 0.3) is 0 Å². The average molecular weight is 421 g/mol. The monoisotopic (exact) mass is 420 g/mol. The van der Waals surface area contributed by atoms with E-state index >= 15 is 0 Å². The predicted molar refractivity (Wildman–Crippen MR) is 122 cm³/mol. The standard InChI is InChI=1S/C22H49N3O2S/c1-4-5-6-7-8-9-10-11-12-13-14-17-20-23-28(26,27)24-21-18-15-16-19-22-25(2)3/h23-24H,4-22H2,1-3H3/p+1. The first-order chi connectivity index (χ1) is 13.5. The van der Waals surface area contributed by atoms with Crippen LogP contribution < -0.4 is 9.44 Å². The van der Waals surface area contributed by atoms with Gasteiger partial charge in [-0.15, -0.1) is 0 Å². The van der Waals surface area contributed by atoms with E-state index in [1.165, 1.54) is 81.8 Å². The number of nitrogens with zero attached hydrogens (tertiary/aromatic N) is 1. The summed E-state index contributed by atoms with van der Waals surface area (Å²) < 4.78 is 28.1. The van der Waals surface area contributed by atoms with E-state index in [0.717, 1.165) is 32.2 Å². The van der Waals surface area contributed by atoms with Gasteiger partial charge >= 0.3 is 10.2 Å². The second-order valence-electron chi connectivity index (χ2n) is 8.50. The third-order valence-electron chi connectivity index (χ3n) is 5.23. The highest BCUT2D eigenvalue weighted by Crippen LogP contribution is 2.11. The van der Waals surface area contributed by atoms with Crippen LogP contribution in [0.15, 0.2) is 0 Å². The van der Waals surface area contributed by atoms with Gasteiger partial charge in [-0.3, -0.25) is 0 Å². The summed E-state index contributed by atoms with van der Waals surface area (Å²) in [5.41, 5.74) is 0. The Bertz CT molecular complexity index is 414. The van der Waals surface area contributed by atoms with Crippen LogP contribution in [-0.4, -0.2) is 47.0 Å². The molecular weight excluding hydrogens is 370 g/mol. The van der Waals surface area contributed by atoms with Crippen LogP contribution in [0.25, 0.3) is 0 Å². The van der Waals surface area contributed by atoms with Gasteiger partial charge in [0, 0.05) is 6.54 Å². The van der Waals surface area contributed by atoms with Crippen LogP contribution in [0.2, 0.25) is 0 Å². The van der Waals surface area contributed by atoms with Crippen LogP contribution in [0.5, 0.6) is 0 Å². The molecule has 6 heteroatoms. The van der Waals surface area contributed by atoms with Gasteiger partial charge in [0.1, 0.15) is 0 Å². The fourth-order valence-electron chi connectivity index (χ4n) is 3.40. The molecule has 0 aromatic heterocycles. The number of quaternary nitrogens is 1. The summed E-state index contributed by atoms with van der Waals surface area (Å²) in [4.78, 5) is 2.19. The number of hydrogen-bond acceptors (Lipinski definition) is 3. The molecule has 0 aliphatic rings. The lowest BCUT2D eigenvalue weighted by Gasteiger charge is -2.08. The van der Waals surface area contributed by atoms with Gasteiger partial charge in [-0.05, 0) is 46.3 Å². The second-order valence-corrected chi connectivity index (χ2v) is 10.2. The van der Waals surface area contributed by atoms with Gasteiger partial charge in [0.2, 0.25) is 0 Å². The van der Waals surface area contributed by atoms with Crippen LogP contribution in [0.4, 0.5) is 0 Å². The van der Waals surface area contributed by atoms with Crippen molar-refractivity contribution in [1.82, 2.24) is 9.62 Å². The minimum atomic E-state index is -3.19.